The third kappa shape index (κ3) is 4.07. The average Bonchev–Trinajstić information content (AvgIpc) is 2.47. The van der Waals surface area contributed by atoms with Gasteiger partial charge >= 0.3 is 0 Å². The molecule has 0 saturated carbocycles. The molecule has 0 fully saturated rings. The lowest BCUT2D eigenvalue weighted by Gasteiger charge is -2.17. The number of carbonyl (C=O) groups excluding carboxylic acids is 1. The molecule has 2 aromatic carbocycles. The number of benzene rings is 2. The van der Waals surface area contributed by atoms with Crippen LogP contribution in [0.15, 0.2) is 48.5 Å². The first-order chi connectivity index (χ1) is 10.1. The molecule has 0 unspecified atom stereocenters. The van der Waals surface area contributed by atoms with Gasteiger partial charge in [0.05, 0.1) is 12.6 Å². The van der Waals surface area contributed by atoms with Crippen molar-refractivity contribution in [2.24, 2.45) is 0 Å². The first-order valence-corrected chi connectivity index (χ1v) is 6.92. The van der Waals surface area contributed by atoms with Gasteiger partial charge in [0.1, 0.15) is 0 Å². The minimum absolute atomic E-state index is 0.103. The smallest absolute Gasteiger partial charge is 0.251 e. The topological polar surface area (TPSA) is 75.4 Å². The molecule has 0 saturated heterocycles. The molecular formula is C17H20N2O2. The van der Waals surface area contributed by atoms with Crippen LogP contribution < -0.4 is 11.1 Å². The number of carbonyl (C=O) groups is 1. The number of aryl methyl sites for hydroxylation is 1. The molecule has 0 bridgehead atoms. The van der Waals surface area contributed by atoms with Gasteiger partial charge in [0.15, 0.2) is 0 Å². The number of rotatable bonds is 5. The largest absolute Gasteiger partial charge is 0.399 e. The average molecular weight is 284 g/mol. The molecule has 4 nitrogen and oxygen atoms in total. The van der Waals surface area contributed by atoms with Crippen LogP contribution in [0.3, 0.4) is 0 Å². The maximum Gasteiger partial charge on any atom is 0.251 e. The van der Waals surface area contributed by atoms with Crippen LogP contribution in [0, 0.1) is 6.92 Å². The van der Waals surface area contributed by atoms with Gasteiger partial charge in [0, 0.05) is 11.3 Å². The van der Waals surface area contributed by atoms with Crippen molar-refractivity contribution < 1.29 is 9.90 Å². The lowest BCUT2D eigenvalue weighted by atomic mass is 10.0. The van der Waals surface area contributed by atoms with Crippen LogP contribution in [0.1, 0.15) is 21.5 Å². The zero-order valence-corrected chi connectivity index (χ0v) is 12.0. The molecule has 0 radical (unpaired) electrons. The summed E-state index contributed by atoms with van der Waals surface area (Å²) in [6.07, 6.45) is 0.594. The lowest BCUT2D eigenvalue weighted by molar-refractivity contribution is 0.0916. The molecule has 0 heterocycles. The SMILES string of the molecule is Cc1cc(N)ccc1C(=O)N[C@@H](CO)Cc1ccccc1. The number of nitrogens with one attached hydrogen (secondary N) is 1. The van der Waals surface area contributed by atoms with Crippen molar-refractivity contribution >= 4 is 11.6 Å². The maximum absolute atomic E-state index is 12.3. The minimum Gasteiger partial charge on any atom is -0.399 e. The second-order valence-electron chi connectivity index (χ2n) is 5.12. The highest BCUT2D eigenvalue weighted by molar-refractivity contribution is 5.96. The standard InChI is InChI=1S/C17H20N2O2/c1-12-9-14(18)7-8-16(12)17(21)19-15(11-20)10-13-5-3-2-4-6-13/h2-9,15,20H,10-11,18H2,1H3,(H,19,21)/t15-/m1/s1. The number of hydrogen-bond acceptors (Lipinski definition) is 3. The van der Waals surface area contributed by atoms with E-state index in [0.29, 0.717) is 17.7 Å². The van der Waals surface area contributed by atoms with E-state index in [9.17, 15) is 9.90 Å². The van der Waals surface area contributed by atoms with Gasteiger partial charge in [-0.15, -0.1) is 0 Å². The Kier molecular flexibility index (Phi) is 4.95. The molecule has 4 N–H and O–H groups in total. The Bertz CT molecular complexity index is 611. The molecule has 4 heteroatoms. The lowest BCUT2D eigenvalue weighted by Crippen LogP contribution is -2.39. The summed E-state index contributed by atoms with van der Waals surface area (Å²) in [5, 5.41) is 12.3. The Morgan fingerprint density at radius 2 is 1.95 bits per heavy atom. The number of nitrogens with two attached hydrogens (primary N) is 1. The van der Waals surface area contributed by atoms with Gasteiger partial charge in [0.2, 0.25) is 0 Å². The molecule has 1 atom stereocenters. The molecule has 1 amide bonds. The number of anilines is 1. The first kappa shape index (κ1) is 15.1. The molecule has 110 valence electrons. The molecule has 2 aromatic rings. The van der Waals surface area contributed by atoms with E-state index < -0.39 is 0 Å². The van der Waals surface area contributed by atoms with Crippen LogP contribution >= 0.6 is 0 Å². The zero-order valence-electron chi connectivity index (χ0n) is 12.0. The van der Waals surface area contributed by atoms with Crippen LogP contribution in [0.25, 0.3) is 0 Å². The van der Waals surface area contributed by atoms with Crippen molar-refractivity contribution in [3.8, 4) is 0 Å². The van der Waals surface area contributed by atoms with Crippen LogP contribution in [-0.4, -0.2) is 23.7 Å². The van der Waals surface area contributed by atoms with Crippen LogP contribution in [0.2, 0.25) is 0 Å². The molecule has 21 heavy (non-hydrogen) atoms. The maximum atomic E-state index is 12.3. The van der Waals surface area contributed by atoms with Gasteiger partial charge in [-0.25, -0.2) is 0 Å². The van der Waals surface area contributed by atoms with Gasteiger partial charge in [-0.1, -0.05) is 30.3 Å². The van der Waals surface area contributed by atoms with Crippen molar-refractivity contribution in [1.29, 1.82) is 0 Å². The molecular weight excluding hydrogens is 264 g/mol. The quantitative estimate of drug-likeness (QED) is 0.734. The molecule has 0 spiro atoms. The molecule has 0 aliphatic carbocycles. The predicted molar refractivity (Wildman–Crippen MR) is 84.1 cm³/mol. The van der Waals surface area contributed by atoms with E-state index in [-0.39, 0.29) is 18.6 Å². The first-order valence-electron chi connectivity index (χ1n) is 6.92. The highest BCUT2D eigenvalue weighted by Crippen LogP contribution is 2.13. The number of amides is 1. The van der Waals surface area contributed by atoms with Crippen molar-refractivity contribution in [1.82, 2.24) is 5.32 Å². The highest BCUT2D eigenvalue weighted by atomic mass is 16.3. The fraction of sp³-hybridized carbons (Fsp3) is 0.235. The highest BCUT2D eigenvalue weighted by Gasteiger charge is 2.15. The van der Waals surface area contributed by atoms with Gasteiger partial charge < -0.3 is 16.2 Å². The van der Waals surface area contributed by atoms with Gasteiger partial charge in [-0.3, -0.25) is 4.79 Å². The summed E-state index contributed by atoms with van der Waals surface area (Å²) in [5.74, 6) is -0.192. The summed E-state index contributed by atoms with van der Waals surface area (Å²) < 4.78 is 0. The Labute approximate surface area is 124 Å². The number of aliphatic hydroxyl groups is 1. The second-order valence-corrected chi connectivity index (χ2v) is 5.12. The van der Waals surface area contributed by atoms with Crippen molar-refractivity contribution in [3.63, 3.8) is 0 Å². The van der Waals surface area contributed by atoms with Gasteiger partial charge in [0.25, 0.3) is 5.91 Å². The minimum atomic E-state index is -0.308. The van der Waals surface area contributed by atoms with Crippen molar-refractivity contribution in [2.75, 3.05) is 12.3 Å². The summed E-state index contributed by atoms with van der Waals surface area (Å²) >= 11 is 0. The van der Waals surface area contributed by atoms with Crippen LogP contribution in [0.4, 0.5) is 5.69 Å². The Morgan fingerprint density at radius 3 is 2.57 bits per heavy atom. The molecule has 0 aromatic heterocycles. The molecule has 2 rings (SSSR count). The summed E-state index contributed by atoms with van der Waals surface area (Å²) in [6.45, 7) is 1.74. The number of nitrogen functional groups attached to an aromatic ring is 1. The van der Waals surface area contributed by atoms with Crippen molar-refractivity contribution in [3.05, 3.63) is 65.2 Å². The van der Waals surface area contributed by atoms with E-state index in [2.05, 4.69) is 5.32 Å². The van der Waals surface area contributed by atoms with Crippen molar-refractivity contribution in [2.45, 2.75) is 19.4 Å². The Balaban J connectivity index is 2.06. The fourth-order valence-electron chi connectivity index (χ4n) is 2.26. The monoisotopic (exact) mass is 284 g/mol. The van der Waals surface area contributed by atoms with E-state index in [4.69, 9.17) is 5.73 Å². The van der Waals surface area contributed by atoms with E-state index in [1.807, 2.05) is 37.3 Å². The third-order valence-electron chi connectivity index (χ3n) is 3.38. The molecule has 0 aliphatic heterocycles. The number of hydrogen-bond donors (Lipinski definition) is 3. The summed E-state index contributed by atoms with van der Waals surface area (Å²) in [4.78, 5) is 12.3. The Morgan fingerprint density at radius 1 is 1.24 bits per heavy atom. The van der Waals surface area contributed by atoms with E-state index in [1.54, 1.807) is 18.2 Å². The van der Waals surface area contributed by atoms with E-state index in [1.165, 1.54) is 0 Å². The normalized spacial score (nSPS) is 11.9. The van der Waals surface area contributed by atoms with Crippen LogP contribution in [-0.2, 0) is 6.42 Å². The second kappa shape index (κ2) is 6.90. The van der Waals surface area contributed by atoms with E-state index >= 15 is 0 Å². The summed E-state index contributed by atoms with van der Waals surface area (Å²) in [5.41, 5.74) is 8.79. The predicted octanol–water partition coefficient (Wildman–Crippen LogP) is 1.91. The third-order valence-corrected chi connectivity index (χ3v) is 3.38. The summed E-state index contributed by atoms with van der Waals surface area (Å²) in [6, 6.07) is 14.6. The van der Waals surface area contributed by atoms with E-state index in [0.717, 1.165) is 11.1 Å². The molecule has 0 aliphatic rings. The van der Waals surface area contributed by atoms with Crippen LogP contribution in [0.5, 0.6) is 0 Å². The summed E-state index contributed by atoms with van der Waals surface area (Å²) in [7, 11) is 0. The van der Waals surface area contributed by atoms with Gasteiger partial charge in [-0.2, -0.15) is 0 Å². The van der Waals surface area contributed by atoms with Gasteiger partial charge in [-0.05, 0) is 42.7 Å². The fourth-order valence-corrected chi connectivity index (χ4v) is 2.26. The Hall–Kier alpha value is -2.33. The zero-order chi connectivity index (χ0) is 15.2. The number of aliphatic hydroxyl groups excluding tert-OH is 1.